The fraction of sp³-hybridized carbons (Fsp3) is 0.467. The van der Waals surface area contributed by atoms with Gasteiger partial charge in [-0.25, -0.2) is 13.8 Å². The molecule has 0 aliphatic rings. The van der Waals surface area contributed by atoms with E-state index in [0.717, 1.165) is 18.9 Å². The molecule has 0 rings (SSSR count). The van der Waals surface area contributed by atoms with Gasteiger partial charge in [0.1, 0.15) is 5.70 Å². The van der Waals surface area contributed by atoms with Crippen molar-refractivity contribution in [3.63, 3.8) is 0 Å². The van der Waals surface area contributed by atoms with Crippen LogP contribution in [0.2, 0.25) is 0 Å². The topological polar surface area (TPSA) is 57.2 Å². The largest absolute Gasteiger partial charge is 0.349 e. The van der Waals surface area contributed by atoms with Gasteiger partial charge in [-0.15, -0.1) is 0 Å². The summed E-state index contributed by atoms with van der Waals surface area (Å²) in [4.78, 5) is 11.5. The number of hydrogen-bond donors (Lipinski definition) is 1. The van der Waals surface area contributed by atoms with E-state index in [1.807, 2.05) is 30.9 Å². The van der Waals surface area contributed by atoms with E-state index in [2.05, 4.69) is 16.7 Å². The third-order valence-electron chi connectivity index (χ3n) is 2.61. The van der Waals surface area contributed by atoms with Crippen molar-refractivity contribution in [2.24, 2.45) is 15.7 Å². The molecule has 0 saturated carbocycles. The van der Waals surface area contributed by atoms with Gasteiger partial charge in [-0.05, 0) is 31.8 Å². The minimum atomic E-state index is -2.62. The summed E-state index contributed by atoms with van der Waals surface area (Å²) in [5, 5.41) is 0. The average Bonchev–Trinajstić information content (AvgIpc) is 2.46. The van der Waals surface area contributed by atoms with Gasteiger partial charge in [0.2, 0.25) is 0 Å². The van der Waals surface area contributed by atoms with E-state index < -0.39 is 6.43 Å². The zero-order valence-corrected chi connectivity index (χ0v) is 13.4. The molecule has 0 unspecified atom stereocenters. The molecule has 0 fully saturated rings. The highest BCUT2D eigenvalue weighted by Gasteiger charge is 2.07. The number of alkyl halides is 2. The van der Waals surface area contributed by atoms with Gasteiger partial charge in [-0.1, -0.05) is 12.2 Å². The summed E-state index contributed by atoms with van der Waals surface area (Å²) in [6.07, 6.45) is 5.79. The second-order valence-corrected chi connectivity index (χ2v) is 4.66. The van der Waals surface area contributed by atoms with Gasteiger partial charge >= 0.3 is 0 Å². The van der Waals surface area contributed by atoms with Gasteiger partial charge in [0.15, 0.2) is 5.96 Å². The molecule has 2 N–H and O–H groups in total. The van der Waals surface area contributed by atoms with Gasteiger partial charge in [0.05, 0.1) is 0 Å². The average molecular weight is 313 g/mol. The lowest BCUT2D eigenvalue weighted by atomic mass is 10.3. The molecule has 7 heteroatoms. The zero-order chi connectivity index (χ0) is 17.0. The quantitative estimate of drug-likeness (QED) is 0.424. The molecule has 0 aromatic rings. The molecular weight excluding hydrogens is 288 g/mol. The normalized spacial score (nSPS) is 13.4. The molecular formula is C15H25F2N5. The number of aliphatic imine (C=N–C) groups is 2. The van der Waals surface area contributed by atoms with Crippen LogP contribution in [0.25, 0.3) is 0 Å². The van der Waals surface area contributed by atoms with E-state index in [1.165, 1.54) is 12.2 Å². The Bertz CT molecular complexity index is 439. The molecule has 0 aliphatic carbocycles. The van der Waals surface area contributed by atoms with Gasteiger partial charge < -0.3 is 15.5 Å². The molecule has 22 heavy (non-hydrogen) atoms. The number of nitrogens with two attached hydrogens (primary N) is 1. The molecule has 0 aromatic heterocycles. The van der Waals surface area contributed by atoms with Crippen molar-refractivity contribution in [3.05, 3.63) is 36.2 Å². The summed E-state index contributed by atoms with van der Waals surface area (Å²) < 4.78 is 24.7. The lowest BCUT2D eigenvalue weighted by molar-refractivity contribution is 0.188. The first kappa shape index (κ1) is 20.0. The summed E-state index contributed by atoms with van der Waals surface area (Å²) in [5.41, 5.74) is 5.13. The van der Waals surface area contributed by atoms with E-state index in [9.17, 15) is 8.78 Å². The molecule has 0 aliphatic heterocycles. The second-order valence-electron chi connectivity index (χ2n) is 4.66. The van der Waals surface area contributed by atoms with Crippen molar-refractivity contribution in [1.82, 2.24) is 9.80 Å². The Morgan fingerprint density at radius 2 is 1.91 bits per heavy atom. The highest BCUT2D eigenvalue weighted by molar-refractivity contribution is 5.79. The first-order valence-electron chi connectivity index (χ1n) is 6.88. The van der Waals surface area contributed by atoms with E-state index in [4.69, 9.17) is 5.73 Å². The van der Waals surface area contributed by atoms with Crippen molar-refractivity contribution >= 4 is 12.7 Å². The molecule has 0 bridgehead atoms. The van der Waals surface area contributed by atoms with Crippen LogP contribution in [-0.4, -0.2) is 63.1 Å². The van der Waals surface area contributed by atoms with Crippen LogP contribution in [0, 0.1) is 0 Å². The Morgan fingerprint density at radius 3 is 2.41 bits per heavy atom. The number of hydrogen-bond acceptors (Lipinski definition) is 3. The van der Waals surface area contributed by atoms with E-state index in [-0.39, 0.29) is 5.70 Å². The highest BCUT2D eigenvalue weighted by Crippen LogP contribution is 2.08. The van der Waals surface area contributed by atoms with Crippen LogP contribution in [0.1, 0.15) is 6.42 Å². The Kier molecular flexibility index (Phi) is 10.6. The summed E-state index contributed by atoms with van der Waals surface area (Å²) in [6, 6.07) is 0. The van der Waals surface area contributed by atoms with Crippen molar-refractivity contribution in [1.29, 1.82) is 0 Å². The van der Waals surface area contributed by atoms with Gasteiger partial charge in [0, 0.05) is 33.9 Å². The predicted octanol–water partition coefficient (Wildman–Crippen LogP) is 2.10. The molecule has 0 aromatic carbocycles. The van der Waals surface area contributed by atoms with Crippen molar-refractivity contribution < 1.29 is 8.78 Å². The van der Waals surface area contributed by atoms with Crippen LogP contribution in [-0.2, 0) is 0 Å². The van der Waals surface area contributed by atoms with Crippen LogP contribution >= 0.6 is 0 Å². The van der Waals surface area contributed by atoms with E-state index in [1.54, 1.807) is 18.4 Å². The van der Waals surface area contributed by atoms with Gasteiger partial charge in [-0.3, -0.25) is 4.99 Å². The van der Waals surface area contributed by atoms with Crippen molar-refractivity contribution in [2.45, 2.75) is 12.8 Å². The van der Waals surface area contributed by atoms with E-state index >= 15 is 0 Å². The number of halogens is 2. The number of allylic oxidation sites excluding steroid dienone is 5. The molecule has 0 amide bonds. The monoisotopic (exact) mass is 313 g/mol. The maximum atomic E-state index is 12.4. The highest BCUT2D eigenvalue weighted by atomic mass is 19.3. The molecule has 0 radical (unpaired) electrons. The molecule has 124 valence electrons. The van der Waals surface area contributed by atoms with Crippen LogP contribution in [0.15, 0.2) is 46.2 Å². The summed E-state index contributed by atoms with van der Waals surface area (Å²) in [6.45, 7) is 4.52. The molecule has 0 heterocycles. The Balaban J connectivity index is 4.71. The standard InChI is InChI=1S/C15H25F2N5/c1-19-13(14(16)17)9-6-5-7-11-20-15(21(2)3)22(4)12-8-10-18/h5-7,9,11,14H,1,8,10,12,18H2,2-4H3/b6-5+,11-7+,13-9-,20-15?. The first-order valence-corrected chi connectivity index (χ1v) is 6.88. The van der Waals surface area contributed by atoms with Crippen LogP contribution in [0.5, 0.6) is 0 Å². The first-order chi connectivity index (χ1) is 10.4. The number of guanidine groups is 1. The minimum Gasteiger partial charge on any atom is -0.349 e. The molecule has 5 nitrogen and oxygen atoms in total. The predicted molar refractivity (Wildman–Crippen MR) is 89.3 cm³/mol. The van der Waals surface area contributed by atoms with Crippen LogP contribution in [0.4, 0.5) is 8.78 Å². The smallest absolute Gasteiger partial charge is 0.280 e. The molecule has 0 saturated heterocycles. The summed E-state index contributed by atoms with van der Waals surface area (Å²) >= 11 is 0. The SMILES string of the molecule is C=N\C(=C/C=C/C=C/N=C(N(C)C)N(C)CCCN)C(F)F. The maximum absolute atomic E-state index is 12.4. The fourth-order valence-corrected chi connectivity index (χ4v) is 1.56. The van der Waals surface area contributed by atoms with Crippen molar-refractivity contribution in [2.75, 3.05) is 34.2 Å². The summed E-state index contributed by atoms with van der Waals surface area (Å²) in [7, 11) is 5.73. The third-order valence-corrected chi connectivity index (χ3v) is 2.61. The van der Waals surface area contributed by atoms with Crippen LogP contribution in [0.3, 0.4) is 0 Å². The number of nitrogens with zero attached hydrogens (tertiary/aromatic N) is 4. The van der Waals surface area contributed by atoms with E-state index in [0.29, 0.717) is 6.54 Å². The Morgan fingerprint density at radius 1 is 1.23 bits per heavy atom. The zero-order valence-electron chi connectivity index (χ0n) is 13.4. The third kappa shape index (κ3) is 8.31. The number of rotatable bonds is 8. The fourth-order valence-electron chi connectivity index (χ4n) is 1.56. The molecule has 0 spiro atoms. The maximum Gasteiger partial charge on any atom is 0.280 e. The van der Waals surface area contributed by atoms with Crippen LogP contribution < -0.4 is 5.73 Å². The summed E-state index contributed by atoms with van der Waals surface area (Å²) in [5.74, 6) is 0.787. The molecule has 0 atom stereocenters. The Labute approximate surface area is 131 Å². The van der Waals surface area contributed by atoms with Gasteiger partial charge in [0.25, 0.3) is 6.43 Å². The second kappa shape index (κ2) is 11.6. The lowest BCUT2D eigenvalue weighted by Gasteiger charge is -2.25. The Hall–Kier alpha value is -2.02. The lowest BCUT2D eigenvalue weighted by Crippen LogP contribution is -2.38. The minimum absolute atomic E-state index is 0.358. The van der Waals surface area contributed by atoms with Gasteiger partial charge in [-0.2, -0.15) is 0 Å². The van der Waals surface area contributed by atoms with Crippen molar-refractivity contribution in [3.8, 4) is 0 Å².